The lowest BCUT2D eigenvalue weighted by molar-refractivity contribution is -0.256. The van der Waals surface area contributed by atoms with Crippen molar-refractivity contribution < 1.29 is 29.4 Å². The molecule has 0 radical (unpaired) electrons. The van der Waals surface area contributed by atoms with Gasteiger partial charge >= 0.3 is 0 Å². The van der Waals surface area contributed by atoms with Crippen molar-refractivity contribution in [1.29, 1.82) is 0 Å². The van der Waals surface area contributed by atoms with Crippen LogP contribution in [-0.4, -0.2) is 37.8 Å². The topological polar surface area (TPSA) is 138 Å². The molecule has 0 aliphatic heterocycles. The molecular formula is C12H10N2O6-2. The fraction of sp³-hybridized carbons (Fsp3) is 0.167. The lowest BCUT2D eigenvalue weighted by atomic mass is 9.97. The molecular weight excluding hydrogens is 268 g/mol. The molecule has 8 nitrogen and oxygen atoms in total. The summed E-state index contributed by atoms with van der Waals surface area (Å²) in [4.78, 5) is 45.1. The van der Waals surface area contributed by atoms with E-state index in [1.54, 1.807) is 0 Å². The maximum absolute atomic E-state index is 11.5. The van der Waals surface area contributed by atoms with Crippen LogP contribution in [0.2, 0.25) is 0 Å². The Balaban J connectivity index is 3.68. The molecule has 0 spiro atoms. The van der Waals surface area contributed by atoms with E-state index in [4.69, 9.17) is 0 Å². The van der Waals surface area contributed by atoms with E-state index in [2.05, 4.69) is 10.6 Å². The summed E-state index contributed by atoms with van der Waals surface area (Å²) < 4.78 is 0. The SMILES string of the molecule is CNC(=O)c1cc(C(=O)[O-])c(C(=O)NC)cc1C(=O)[O-]. The smallest absolute Gasteiger partial charge is 0.251 e. The van der Waals surface area contributed by atoms with Gasteiger partial charge in [-0.1, -0.05) is 0 Å². The summed E-state index contributed by atoms with van der Waals surface area (Å²) in [7, 11) is 2.49. The first-order valence-corrected chi connectivity index (χ1v) is 5.38. The highest BCUT2D eigenvalue weighted by Crippen LogP contribution is 2.17. The average molecular weight is 278 g/mol. The zero-order valence-corrected chi connectivity index (χ0v) is 10.6. The number of carboxylic acids is 2. The highest BCUT2D eigenvalue weighted by Gasteiger charge is 2.19. The van der Waals surface area contributed by atoms with Crippen molar-refractivity contribution in [3.63, 3.8) is 0 Å². The third-order valence-corrected chi connectivity index (χ3v) is 2.54. The standard InChI is InChI=1S/C12H12N2O6/c1-13-9(15)5-3-8(12(19)20)6(10(16)14-2)4-7(5)11(17)18/h3-4H,1-2H3,(H,13,15)(H,14,16)(H,17,18)(H,19,20)/p-2. The zero-order valence-electron chi connectivity index (χ0n) is 10.6. The predicted molar refractivity (Wildman–Crippen MR) is 61.9 cm³/mol. The number of benzene rings is 1. The lowest BCUT2D eigenvalue weighted by Crippen LogP contribution is -2.33. The molecule has 0 saturated carbocycles. The number of carboxylic acid groups (broad SMARTS) is 2. The van der Waals surface area contributed by atoms with E-state index in [1.165, 1.54) is 14.1 Å². The second-order valence-electron chi connectivity index (χ2n) is 3.68. The highest BCUT2D eigenvalue weighted by atomic mass is 16.4. The van der Waals surface area contributed by atoms with Crippen LogP contribution < -0.4 is 20.8 Å². The Bertz CT molecular complexity index is 554. The number of carbonyl (C=O) groups is 4. The van der Waals surface area contributed by atoms with Crippen molar-refractivity contribution >= 4 is 23.8 Å². The zero-order chi connectivity index (χ0) is 15.4. The van der Waals surface area contributed by atoms with Crippen LogP contribution in [0.1, 0.15) is 41.4 Å². The minimum absolute atomic E-state index is 0.431. The molecule has 20 heavy (non-hydrogen) atoms. The highest BCUT2D eigenvalue weighted by molar-refractivity contribution is 6.11. The number of amides is 2. The molecule has 0 bridgehead atoms. The van der Waals surface area contributed by atoms with E-state index in [0.29, 0.717) is 0 Å². The van der Waals surface area contributed by atoms with Gasteiger partial charge in [0.1, 0.15) is 0 Å². The molecule has 0 aromatic heterocycles. The third kappa shape index (κ3) is 2.74. The molecule has 0 unspecified atom stereocenters. The van der Waals surface area contributed by atoms with Gasteiger partial charge in [-0.25, -0.2) is 0 Å². The average Bonchev–Trinajstić information content (AvgIpc) is 2.43. The van der Waals surface area contributed by atoms with Gasteiger partial charge in [0, 0.05) is 36.3 Å². The van der Waals surface area contributed by atoms with E-state index >= 15 is 0 Å². The van der Waals surface area contributed by atoms with Crippen LogP contribution in [0, 0.1) is 0 Å². The Hall–Kier alpha value is -2.90. The molecule has 1 aromatic carbocycles. The second-order valence-corrected chi connectivity index (χ2v) is 3.68. The fourth-order valence-electron chi connectivity index (χ4n) is 1.58. The van der Waals surface area contributed by atoms with Crippen molar-refractivity contribution in [3.8, 4) is 0 Å². The van der Waals surface area contributed by atoms with Crippen molar-refractivity contribution in [3.05, 3.63) is 34.4 Å². The van der Waals surface area contributed by atoms with E-state index in [9.17, 15) is 29.4 Å². The normalized spacial score (nSPS) is 9.70. The van der Waals surface area contributed by atoms with E-state index in [1.807, 2.05) is 0 Å². The molecule has 2 amide bonds. The fourth-order valence-corrected chi connectivity index (χ4v) is 1.58. The Morgan fingerprint density at radius 1 is 0.750 bits per heavy atom. The maximum atomic E-state index is 11.5. The van der Waals surface area contributed by atoms with Gasteiger partial charge < -0.3 is 30.4 Å². The summed E-state index contributed by atoms with van der Waals surface area (Å²) >= 11 is 0. The number of hydrogen-bond donors (Lipinski definition) is 2. The molecule has 2 N–H and O–H groups in total. The molecule has 0 heterocycles. The lowest BCUT2D eigenvalue weighted by Gasteiger charge is -2.16. The van der Waals surface area contributed by atoms with Gasteiger partial charge in [0.2, 0.25) is 0 Å². The summed E-state index contributed by atoms with van der Waals surface area (Å²) in [5, 5.41) is 26.3. The minimum Gasteiger partial charge on any atom is -0.545 e. The number of carbonyl (C=O) groups excluding carboxylic acids is 4. The van der Waals surface area contributed by atoms with Crippen molar-refractivity contribution in [2.24, 2.45) is 0 Å². The molecule has 8 heteroatoms. The quantitative estimate of drug-likeness (QED) is 0.607. The molecule has 1 aromatic rings. The van der Waals surface area contributed by atoms with E-state index in [0.717, 1.165) is 12.1 Å². The van der Waals surface area contributed by atoms with Crippen molar-refractivity contribution in [2.75, 3.05) is 14.1 Å². The van der Waals surface area contributed by atoms with Crippen LogP contribution in [0.15, 0.2) is 12.1 Å². The van der Waals surface area contributed by atoms with Gasteiger partial charge in [0.15, 0.2) is 0 Å². The monoisotopic (exact) mass is 278 g/mol. The van der Waals surface area contributed by atoms with Gasteiger partial charge in [0.25, 0.3) is 11.8 Å². The second kappa shape index (κ2) is 5.83. The number of aromatic carboxylic acids is 2. The molecule has 106 valence electrons. The number of hydrogen-bond acceptors (Lipinski definition) is 6. The van der Waals surface area contributed by atoms with Crippen molar-refractivity contribution in [2.45, 2.75) is 0 Å². The molecule has 0 aliphatic rings. The summed E-state index contributed by atoms with van der Waals surface area (Å²) in [6.45, 7) is 0. The van der Waals surface area contributed by atoms with Crippen LogP contribution in [0.5, 0.6) is 0 Å². The first-order valence-electron chi connectivity index (χ1n) is 5.38. The van der Waals surface area contributed by atoms with Crippen LogP contribution >= 0.6 is 0 Å². The molecule has 1 rings (SSSR count). The van der Waals surface area contributed by atoms with Crippen LogP contribution in [-0.2, 0) is 0 Å². The van der Waals surface area contributed by atoms with E-state index < -0.39 is 46.0 Å². The Kier molecular flexibility index (Phi) is 4.42. The molecule has 0 saturated heterocycles. The van der Waals surface area contributed by atoms with Gasteiger partial charge in [-0.3, -0.25) is 9.59 Å². The van der Waals surface area contributed by atoms with Gasteiger partial charge in [0.05, 0.1) is 11.9 Å². The largest absolute Gasteiger partial charge is 0.545 e. The minimum atomic E-state index is -1.71. The van der Waals surface area contributed by atoms with Gasteiger partial charge in [-0.05, 0) is 12.1 Å². The Labute approximate surface area is 113 Å². The summed E-state index contributed by atoms with van der Waals surface area (Å²) in [5.41, 5.74) is -2.04. The summed E-state index contributed by atoms with van der Waals surface area (Å²) in [6.07, 6.45) is 0. The Morgan fingerprint density at radius 3 is 1.25 bits per heavy atom. The predicted octanol–water partition coefficient (Wildman–Crippen LogP) is -2.87. The molecule has 0 fully saturated rings. The first kappa shape index (κ1) is 15.2. The van der Waals surface area contributed by atoms with Gasteiger partial charge in [-0.2, -0.15) is 0 Å². The summed E-state index contributed by atoms with van der Waals surface area (Å²) in [6, 6.07) is 1.54. The third-order valence-electron chi connectivity index (χ3n) is 2.54. The maximum Gasteiger partial charge on any atom is 0.251 e. The molecule has 0 aliphatic carbocycles. The Morgan fingerprint density at radius 2 is 1.05 bits per heavy atom. The van der Waals surface area contributed by atoms with Crippen LogP contribution in [0.25, 0.3) is 0 Å². The number of rotatable bonds is 4. The van der Waals surface area contributed by atoms with Gasteiger partial charge in [-0.15, -0.1) is 0 Å². The van der Waals surface area contributed by atoms with Crippen molar-refractivity contribution in [1.82, 2.24) is 10.6 Å². The summed E-state index contributed by atoms with van der Waals surface area (Å²) in [5.74, 6) is -5.07. The molecule has 0 atom stereocenters. The van der Waals surface area contributed by atoms with Crippen LogP contribution in [0.3, 0.4) is 0 Å². The first-order chi connectivity index (χ1) is 9.33. The van der Waals surface area contributed by atoms with Crippen LogP contribution in [0.4, 0.5) is 0 Å². The van der Waals surface area contributed by atoms with E-state index in [-0.39, 0.29) is 0 Å². The number of nitrogens with one attached hydrogen (secondary N) is 2.